The van der Waals surface area contributed by atoms with Crippen molar-refractivity contribution in [3.63, 3.8) is 0 Å². The first-order valence-electron chi connectivity index (χ1n) is 11.7. The van der Waals surface area contributed by atoms with Crippen molar-refractivity contribution < 1.29 is 19.0 Å². The SMILES string of the molecule is COc1ccc(CN(C(=O)C2CCOC(C)(C)C2)C2CCCC2)cc1OCc1cccs1. The number of hydrogen-bond donors (Lipinski definition) is 0. The lowest BCUT2D eigenvalue weighted by atomic mass is 9.87. The van der Waals surface area contributed by atoms with Crippen LogP contribution in [-0.2, 0) is 22.7 Å². The Kier molecular flexibility index (Phi) is 7.41. The minimum Gasteiger partial charge on any atom is -0.493 e. The fourth-order valence-electron chi connectivity index (χ4n) is 4.95. The molecule has 1 aromatic carbocycles. The highest BCUT2D eigenvalue weighted by atomic mass is 32.1. The number of rotatable bonds is 8. The number of hydrogen-bond acceptors (Lipinski definition) is 5. The van der Waals surface area contributed by atoms with E-state index in [0.29, 0.717) is 25.8 Å². The van der Waals surface area contributed by atoms with Gasteiger partial charge in [0.15, 0.2) is 11.5 Å². The Morgan fingerprint density at radius 3 is 2.69 bits per heavy atom. The molecule has 1 aromatic heterocycles. The lowest BCUT2D eigenvalue weighted by molar-refractivity contribution is -0.148. The maximum absolute atomic E-state index is 13.7. The maximum atomic E-state index is 13.7. The van der Waals surface area contributed by atoms with Crippen LogP contribution in [0, 0.1) is 5.92 Å². The Morgan fingerprint density at radius 2 is 2.00 bits per heavy atom. The van der Waals surface area contributed by atoms with Gasteiger partial charge in [-0.2, -0.15) is 0 Å². The zero-order chi connectivity index (χ0) is 22.6. The van der Waals surface area contributed by atoms with Crippen molar-refractivity contribution >= 4 is 17.2 Å². The first kappa shape index (κ1) is 23.1. The largest absolute Gasteiger partial charge is 0.493 e. The van der Waals surface area contributed by atoms with Crippen molar-refractivity contribution in [3.05, 3.63) is 46.2 Å². The van der Waals surface area contributed by atoms with E-state index in [-0.39, 0.29) is 17.4 Å². The summed E-state index contributed by atoms with van der Waals surface area (Å²) in [4.78, 5) is 17.0. The average Bonchev–Trinajstić information content (AvgIpc) is 3.49. The van der Waals surface area contributed by atoms with Crippen LogP contribution >= 0.6 is 11.3 Å². The highest BCUT2D eigenvalue weighted by Gasteiger charge is 2.37. The van der Waals surface area contributed by atoms with Crippen LogP contribution < -0.4 is 9.47 Å². The Labute approximate surface area is 195 Å². The number of ether oxygens (including phenoxy) is 3. The summed E-state index contributed by atoms with van der Waals surface area (Å²) in [5.41, 5.74) is 0.849. The lowest BCUT2D eigenvalue weighted by Crippen LogP contribution is -2.46. The van der Waals surface area contributed by atoms with E-state index in [9.17, 15) is 4.79 Å². The first-order chi connectivity index (χ1) is 15.4. The topological polar surface area (TPSA) is 48.0 Å². The van der Waals surface area contributed by atoms with E-state index in [2.05, 4.69) is 36.3 Å². The third-order valence-electron chi connectivity index (χ3n) is 6.63. The van der Waals surface area contributed by atoms with Crippen LogP contribution in [-0.4, -0.2) is 36.2 Å². The summed E-state index contributed by atoms with van der Waals surface area (Å²) in [6, 6.07) is 10.5. The smallest absolute Gasteiger partial charge is 0.226 e. The van der Waals surface area contributed by atoms with Gasteiger partial charge in [0.05, 0.1) is 12.7 Å². The molecule has 0 N–H and O–H groups in total. The number of nitrogens with zero attached hydrogens (tertiary/aromatic N) is 1. The molecule has 0 spiro atoms. The van der Waals surface area contributed by atoms with Crippen molar-refractivity contribution in [3.8, 4) is 11.5 Å². The molecule has 1 amide bonds. The minimum absolute atomic E-state index is 0.0344. The van der Waals surface area contributed by atoms with Crippen LogP contribution in [0.1, 0.15) is 62.8 Å². The molecule has 2 aliphatic rings. The summed E-state index contributed by atoms with van der Waals surface area (Å²) in [6.45, 7) is 5.96. The number of amides is 1. The second kappa shape index (κ2) is 10.3. The van der Waals surface area contributed by atoms with Gasteiger partial charge < -0.3 is 19.1 Å². The fraction of sp³-hybridized carbons (Fsp3) is 0.577. The Hall–Kier alpha value is -2.05. The Bertz CT molecular complexity index is 889. The molecule has 1 saturated heterocycles. The van der Waals surface area contributed by atoms with Gasteiger partial charge in [0.1, 0.15) is 6.61 Å². The van der Waals surface area contributed by atoms with E-state index in [0.717, 1.165) is 42.7 Å². The lowest BCUT2D eigenvalue weighted by Gasteiger charge is -2.39. The van der Waals surface area contributed by atoms with Crippen molar-refractivity contribution in [1.29, 1.82) is 0 Å². The highest BCUT2D eigenvalue weighted by Crippen LogP contribution is 2.35. The van der Waals surface area contributed by atoms with E-state index in [1.807, 2.05) is 18.2 Å². The summed E-state index contributed by atoms with van der Waals surface area (Å²) >= 11 is 1.68. The number of carbonyl (C=O) groups is 1. The number of benzene rings is 1. The van der Waals surface area contributed by atoms with Crippen LogP contribution in [0.3, 0.4) is 0 Å². The van der Waals surface area contributed by atoms with Gasteiger partial charge in [-0.25, -0.2) is 0 Å². The summed E-state index contributed by atoms with van der Waals surface area (Å²) in [5, 5.41) is 2.05. The van der Waals surface area contributed by atoms with Gasteiger partial charge in [0.25, 0.3) is 0 Å². The number of thiophene rings is 1. The zero-order valence-corrected chi connectivity index (χ0v) is 20.3. The van der Waals surface area contributed by atoms with Crippen LogP contribution in [0.5, 0.6) is 11.5 Å². The standard InChI is InChI=1S/C26H35NO4S/c1-26(2)16-20(12-13-31-26)25(28)27(21-7-4-5-8-21)17-19-10-11-23(29-3)24(15-19)30-18-22-9-6-14-32-22/h6,9-11,14-15,20-21H,4-5,7-8,12-13,16-18H2,1-3H3. The molecule has 1 unspecified atom stereocenters. The highest BCUT2D eigenvalue weighted by molar-refractivity contribution is 7.09. The number of carbonyl (C=O) groups excluding carboxylic acids is 1. The van der Waals surface area contributed by atoms with Crippen molar-refractivity contribution in [2.24, 2.45) is 5.92 Å². The van der Waals surface area contributed by atoms with Gasteiger partial charge in [0, 0.05) is 30.0 Å². The van der Waals surface area contributed by atoms with Gasteiger partial charge in [-0.3, -0.25) is 4.79 Å². The molecule has 174 valence electrons. The summed E-state index contributed by atoms with van der Waals surface area (Å²) in [5.74, 6) is 1.76. The van der Waals surface area contributed by atoms with Crippen molar-refractivity contribution in [2.45, 2.75) is 77.2 Å². The van der Waals surface area contributed by atoms with Crippen molar-refractivity contribution in [2.75, 3.05) is 13.7 Å². The van der Waals surface area contributed by atoms with Gasteiger partial charge >= 0.3 is 0 Å². The van der Waals surface area contributed by atoms with Crippen molar-refractivity contribution in [1.82, 2.24) is 4.90 Å². The summed E-state index contributed by atoms with van der Waals surface area (Å²) in [6.07, 6.45) is 6.18. The predicted octanol–water partition coefficient (Wildman–Crippen LogP) is 5.81. The molecular weight excluding hydrogens is 422 g/mol. The first-order valence-corrected chi connectivity index (χ1v) is 12.6. The minimum atomic E-state index is -0.233. The van der Waals surface area contributed by atoms with E-state index < -0.39 is 0 Å². The van der Waals surface area contributed by atoms with Crippen LogP contribution in [0.2, 0.25) is 0 Å². The molecule has 6 heteroatoms. The van der Waals surface area contributed by atoms with E-state index in [4.69, 9.17) is 14.2 Å². The van der Waals surface area contributed by atoms with E-state index in [1.165, 1.54) is 17.7 Å². The van der Waals surface area contributed by atoms with Gasteiger partial charge in [-0.15, -0.1) is 11.3 Å². The predicted molar refractivity (Wildman–Crippen MR) is 127 cm³/mol. The van der Waals surface area contributed by atoms with E-state index in [1.54, 1.807) is 18.4 Å². The van der Waals surface area contributed by atoms with E-state index >= 15 is 0 Å². The average molecular weight is 458 g/mol. The Balaban J connectivity index is 1.52. The molecule has 0 bridgehead atoms. The third kappa shape index (κ3) is 5.65. The molecule has 1 aliphatic heterocycles. The molecule has 4 rings (SSSR count). The van der Waals surface area contributed by atoms with Crippen LogP contribution in [0.25, 0.3) is 0 Å². The molecule has 1 atom stereocenters. The Morgan fingerprint density at radius 1 is 1.19 bits per heavy atom. The van der Waals surface area contributed by atoms with Crippen LogP contribution in [0.15, 0.2) is 35.7 Å². The second-order valence-electron chi connectivity index (χ2n) is 9.56. The molecule has 2 fully saturated rings. The van der Waals surface area contributed by atoms with Crippen LogP contribution in [0.4, 0.5) is 0 Å². The molecule has 1 aliphatic carbocycles. The molecular formula is C26H35NO4S. The summed E-state index contributed by atoms with van der Waals surface area (Å²) in [7, 11) is 1.66. The quantitative estimate of drug-likeness (QED) is 0.502. The monoisotopic (exact) mass is 457 g/mol. The normalized spacial score (nSPS) is 20.8. The van der Waals surface area contributed by atoms with Gasteiger partial charge in [0.2, 0.25) is 5.91 Å². The summed E-state index contributed by atoms with van der Waals surface area (Å²) < 4.78 is 17.5. The molecule has 0 radical (unpaired) electrons. The zero-order valence-electron chi connectivity index (χ0n) is 19.5. The molecule has 2 aromatic rings. The third-order valence-corrected chi connectivity index (χ3v) is 7.48. The molecule has 32 heavy (non-hydrogen) atoms. The maximum Gasteiger partial charge on any atom is 0.226 e. The second-order valence-corrected chi connectivity index (χ2v) is 10.6. The van der Waals surface area contributed by atoms with Gasteiger partial charge in [-0.1, -0.05) is 25.0 Å². The molecule has 1 saturated carbocycles. The molecule has 2 heterocycles. The number of methoxy groups -OCH3 is 1. The fourth-order valence-corrected chi connectivity index (χ4v) is 5.57. The molecule has 5 nitrogen and oxygen atoms in total. The van der Waals surface area contributed by atoms with Gasteiger partial charge in [-0.05, 0) is 68.7 Å².